The fourth-order valence-electron chi connectivity index (χ4n) is 4.91. The van der Waals surface area contributed by atoms with Crippen LogP contribution in [0.3, 0.4) is 0 Å². The van der Waals surface area contributed by atoms with Crippen molar-refractivity contribution < 1.29 is 9.53 Å². The number of hydrogen-bond acceptors (Lipinski definition) is 4. The zero-order chi connectivity index (χ0) is 14.2. The highest BCUT2D eigenvalue weighted by molar-refractivity contribution is 5.81. The molecule has 4 heteroatoms. The second-order valence-electron chi connectivity index (χ2n) is 6.86. The Morgan fingerprint density at radius 3 is 2.80 bits per heavy atom. The molecule has 2 saturated carbocycles. The summed E-state index contributed by atoms with van der Waals surface area (Å²) >= 11 is 0. The highest BCUT2D eigenvalue weighted by atomic mass is 16.5. The molecule has 3 rings (SSSR count). The lowest BCUT2D eigenvalue weighted by atomic mass is 9.85. The molecule has 2 aliphatic carbocycles. The van der Waals surface area contributed by atoms with E-state index < -0.39 is 5.54 Å². The van der Waals surface area contributed by atoms with Crippen molar-refractivity contribution in [1.29, 1.82) is 0 Å². The fourth-order valence-corrected chi connectivity index (χ4v) is 4.91. The van der Waals surface area contributed by atoms with Crippen molar-refractivity contribution in [3.8, 4) is 0 Å². The number of carbonyl (C=O) groups is 1. The van der Waals surface area contributed by atoms with Gasteiger partial charge < -0.3 is 10.1 Å². The number of hydrogen-bond donors (Lipinski definition) is 1. The predicted molar refractivity (Wildman–Crippen MR) is 78.5 cm³/mol. The number of likely N-dealkylation sites (N-methyl/N-ethyl adjacent to an activating group) is 1. The minimum atomic E-state index is -0.438. The van der Waals surface area contributed by atoms with Crippen LogP contribution in [-0.4, -0.2) is 49.2 Å². The minimum absolute atomic E-state index is 0.0816. The Morgan fingerprint density at radius 2 is 2.05 bits per heavy atom. The predicted octanol–water partition coefficient (Wildman–Crippen LogP) is 1.93. The summed E-state index contributed by atoms with van der Waals surface area (Å²) in [6.45, 7) is 1.24. The SMILES string of the molecule is CNC1(C(=O)OC)CCC(N2CCC3CCCCC32)C1. The van der Waals surface area contributed by atoms with Gasteiger partial charge in [-0.3, -0.25) is 9.69 Å². The third-order valence-electron chi connectivity index (χ3n) is 6.07. The first kappa shape index (κ1) is 14.3. The molecule has 0 spiro atoms. The molecule has 0 aromatic heterocycles. The number of methoxy groups -OCH3 is 1. The van der Waals surface area contributed by atoms with E-state index in [9.17, 15) is 4.79 Å². The largest absolute Gasteiger partial charge is 0.468 e. The zero-order valence-electron chi connectivity index (χ0n) is 12.9. The van der Waals surface area contributed by atoms with Crippen LogP contribution in [0.4, 0.5) is 0 Å². The summed E-state index contributed by atoms with van der Waals surface area (Å²) in [5.74, 6) is 0.841. The van der Waals surface area contributed by atoms with Gasteiger partial charge in [0, 0.05) is 12.1 Å². The fraction of sp³-hybridized carbons (Fsp3) is 0.938. The van der Waals surface area contributed by atoms with E-state index in [1.54, 1.807) is 0 Å². The van der Waals surface area contributed by atoms with Gasteiger partial charge in [0.05, 0.1) is 7.11 Å². The summed E-state index contributed by atoms with van der Waals surface area (Å²) in [5, 5.41) is 3.25. The Kier molecular flexibility index (Phi) is 4.04. The van der Waals surface area contributed by atoms with Gasteiger partial charge in [-0.15, -0.1) is 0 Å². The van der Waals surface area contributed by atoms with Gasteiger partial charge in [-0.25, -0.2) is 0 Å². The first-order valence-electron chi connectivity index (χ1n) is 8.23. The van der Waals surface area contributed by atoms with E-state index in [1.165, 1.54) is 45.8 Å². The zero-order valence-corrected chi connectivity index (χ0v) is 12.9. The molecule has 4 unspecified atom stereocenters. The van der Waals surface area contributed by atoms with E-state index in [4.69, 9.17) is 4.74 Å². The maximum atomic E-state index is 12.1. The molecule has 1 saturated heterocycles. The summed E-state index contributed by atoms with van der Waals surface area (Å²) in [6.07, 6.45) is 9.91. The minimum Gasteiger partial charge on any atom is -0.468 e. The van der Waals surface area contributed by atoms with Crippen LogP contribution in [0.25, 0.3) is 0 Å². The third kappa shape index (κ3) is 2.27. The second-order valence-corrected chi connectivity index (χ2v) is 6.86. The summed E-state index contributed by atoms with van der Waals surface area (Å²) in [4.78, 5) is 14.8. The molecule has 0 radical (unpaired) electrons. The van der Waals surface area contributed by atoms with Crippen LogP contribution >= 0.6 is 0 Å². The van der Waals surface area contributed by atoms with Gasteiger partial charge in [0.1, 0.15) is 5.54 Å². The molecule has 0 bridgehead atoms. The van der Waals surface area contributed by atoms with Crippen LogP contribution in [0.1, 0.15) is 51.4 Å². The van der Waals surface area contributed by atoms with Crippen LogP contribution in [0.5, 0.6) is 0 Å². The number of esters is 1. The van der Waals surface area contributed by atoms with Gasteiger partial charge in [0.25, 0.3) is 0 Å². The molecule has 1 N–H and O–H groups in total. The quantitative estimate of drug-likeness (QED) is 0.802. The molecule has 3 fully saturated rings. The Balaban J connectivity index is 1.69. The molecule has 20 heavy (non-hydrogen) atoms. The van der Waals surface area contributed by atoms with Crippen molar-refractivity contribution in [1.82, 2.24) is 10.2 Å². The molecule has 1 aliphatic heterocycles. The number of nitrogens with one attached hydrogen (secondary N) is 1. The van der Waals surface area contributed by atoms with Crippen molar-refractivity contribution >= 4 is 5.97 Å². The normalized spacial score (nSPS) is 41.6. The highest BCUT2D eigenvalue weighted by Crippen LogP contribution is 2.42. The van der Waals surface area contributed by atoms with Gasteiger partial charge in [-0.05, 0) is 58.0 Å². The Morgan fingerprint density at radius 1 is 1.25 bits per heavy atom. The Hall–Kier alpha value is -0.610. The number of likely N-dealkylation sites (tertiary alicyclic amines) is 1. The molecule has 0 aromatic carbocycles. The van der Waals surface area contributed by atoms with Gasteiger partial charge in [0.2, 0.25) is 0 Å². The molecule has 0 aromatic rings. The average molecular weight is 280 g/mol. The molecule has 1 heterocycles. The van der Waals surface area contributed by atoms with Gasteiger partial charge in [0.15, 0.2) is 0 Å². The number of rotatable bonds is 3. The van der Waals surface area contributed by atoms with E-state index >= 15 is 0 Å². The van der Waals surface area contributed by atoms with Crippen LogP contribution in [-0.2, 0) is 9.53 Å². The molecule has 4 atom stereocenters. The number of carbonyl (C=O) groups excluding carboxylic acids is 1. The lowest BCUT2D eigenvalue weighted by Crippen LogP contribution is -2.51. The smallest absolute Gasteiger partial charge is 0.326 e. The lowest BCUT2D eigenvalue weighted by Gasteiger charge is -2.36. The molecular formula is C16H28N2O2. The van der Waals surface area contributed by atoms with Crippen molar-refractivity contribution in [2.24, 2.45) is 5.92 Å². The first-order chi connectivity index (χ1) is 9.70. The van der Waals surface area contributed by atoms with Crippen molar-refractivity contribution in [2.45, 2.75) is 69.0 Å². The topological polar surface area (TPSA) is 41.6 Å². The van der Waals surface area contributed by atoms with E-state index in [-0.39, 0.29) is 5.97 Å². The van der Waals surface area contributed by atoms with E-state index in [2.05, 4.69) is 10.2 Å². The van der Waals surface area contributed by atoms with Crippen LogP contribution in [0.2, 0.25) is 0 Å². The second kappa shape index (κ2) is 5.64. The first-order valence-corrected chi connectivity index (χ1v) is 8.23. The Bertz CT molecular complexity index is 373. The van der Waals surface area contributed by atoms with Crippen molar-refractivity contribution in [3.05, 3.63) is 0 Å². The molecule has 3 aliphatic rings. The number of fused-ring (bicyclic) bond motifs is 1. The number of nitrogens with zero attached hydrogens (tertiary/aromatic N) is 1. The van der Waals surface area contributed by atoms with Crippen LogP contribution in [0.15, 0.2) is 0 Å². The van der Waals surface area contributed by atoms with Gasteiger partial charge in [-0.2, -0.15) is 0 Å². The Labute approximate surface area is 122 Å². The van der Waals surface area contributed by atoms with E-state index in [0.29, 0.717) is 6.04 Å². The summed E-state index contributed by atoms with van der Waals surface area (Å²) in [5.41, 5.74) is -0.438. The molecule has 114 valence electrons. The standard InChI is InChI=1S/C16H28N2O2/c1-17-16(15(19)20-2)9-7-13(11-16)18-10-8-12-5-3-4-6-14(12)18/h12-14,17H,3-11H2,1-2H3. The average Bonchev–Trinajstić information content (AvgIpc) is 3.10. The maximum Gasteiger partial charge on any atom is 0.326 e. The van der Waals surface area contributed by atoms with Crippen LogP contribution < -0.4 is 5.32 Å². The van der Waals surface area contributed by atoms with E-state index in [1.807, 2.05) is 7.05 Å². The van der Waals surface area contributed by atoms with Crippen LogP contribution in [0, 0.1) is 5.92 Å². The monoisotopic (exact) mass is 280 g/mol. The van der Waals surface area contributed by atoms with E-state index in [0.717, 1.165) is 31.2 Å². The lowest BCUT2D eigenvalue weighted by molar-refractivity contribution is -0.148. The maximum absolute atomic E-state index is 12.1. The van der Waals surface area contributed by atoms with Gasteiger partial charge in [-0.1, -0.05) is 12.8 Å². The summed E-state index contributed by atoms with van der Waals surface area (Å²) in [7, 11) is 3.40. The highest BCUT2D eigenvalue weighted by Gasteiger charge is 2.49. The summed E-state index contributed by atoms with van der Waals surface area (Å²) < 4.78 is 5.03. The van der Waals surface area contributed by atoms with Crippen molar-refractivity contribution in [2.75, 3.05) is 20.7 Å². The molecular weight excluding hydrogens is 252 g/mol. The molecule has 0 amide bonds. The third-order valence-corrected chi connectivity index (χ3v) is 6.07. The molecule has 4 nitrogen and oxygen atoms in total. The summed E-state index contributed by atoms with van der Waals surface area (Å²) in [6, 6.07) is 1.36. The number of ether oxygens (including phenoxy) is 1. The van der Waals surface area contributed by atoms with Crippen molar-refractivity contribution in [3.63, 3.8) is 0 Å². The van der Waals surface area contributed by atoms with Gasteiger partial charge >= 0.3 is 5.97 Å².